The van der Waals surface area contributed by atoms with E-state index in [4.69, 9.17) is 5.73 Å². The molecule has 1 aromatic carbocycles. The standard InChI is InChI=1S/C14H17N3/c1-16-13-8-6-11(14(15)10-13)5-7-12-4-2-3-9-17-12/h2-4,6,8-10,16H,5,7,15H2,1H3. The molecule has 0 bridgehead atoms. The summed E-state index contributed by atoms with van der Waals surface area (Å²) in [6, 6.07) is 12.1. The molecule has 2 rings (SSSR count). The number of nitrogens with zero attached hydrogens (tertiary/aromatic N) is 1. The SMILES string of the molecule is CNc1ccc(CCc2ccccn2)c(N)c1. The van der Waals surface area contributed by atoms with Crippen LogP contribution >= 0.6 is 0 Å². The van der Waals surface area contributed by atoms with E-state index in [1.807, 2.05) is 43.6 Å². The number of aryl methyl sites for hydroxylation is 2. The van der Waals surface area contributed by atoms with Crippen molar-refractivity contribution in [3.05, 3.63) is 53.9 Å². The van der Waals surface area contributed by atoms with E-state index in [9.17, 15) is 0 Å². The second-order valence-electron chi connectivity index (χ2n) is 3.98. The van der Waals surface area contributed by atoms with Crippen LogP contribution in [0, 0.1) is 0 Å². The zero-order valence-electron chi connectivity index (χ0n) is 9.98. The number of nitrogen functional groups attached to an aromatic ring is 1. The summed E-state index contributed by atoms with van der Waals surface area (Å²) in [7, 11) is 1.89. The number of hydrogen-bond donors (Lipinski definition) is 2. The predicted octanol–water partition coefficient (Wildman–Crippen LogP) is 2.49. The summed E-state index contributed by atoms with van der Waals surface area (Å²) in [6.07, 6.45) is 3.67. The van der Waals surface area contributed by atoms with Gasteiger partial charge in [0.1, 0.15) is 0 Å². The second-order valence-corrected chi connectivity index (χ2v) is 3.98. The van der Waals surface area contributed by atoms with Crippen LogP contribution in [0.5, 0.6) is 0 Å². The van der Waals surface area contributed by atoms with Crippen LogP contribution in [0.4, 0.5) is 11.4 Å². The third kappa shape index (κ3) is 2.97. The number of aromatic nitrogens is 1. The lowest BCUT2D eigenvalue weighted by molar-refractivity contribution is 0.916. The van der Waals surface area contributed by atoms with Gasteiger partial charge in [-0.2, -0.15) is 0 Å². The molecule has 0 saturated carbocycles. The van der Waals surface area contributed by atoms with Gasteiger partial charge in [-0.1, -0.05) is 12.1 Å². The van der Waals surface area contributed by atoms with Gasteiger partial charge in [0, 0.05) is 30.3 Å². The minimum absolute atomic E-state index is 0.841. The minimum Gasteiger partial charge on any atom is -0.398 e. The van der Waals surface area contributed by atoms with E-state index < -0.39 is 0 Å². The Kier molecular flexibility index (Phi) is 3.60. The zero-order valence-corrected chi connectivity index (χ0v) is 9.98. The molecule has 0 aliphatic heterocycles. The van der Waals surface area contributed by atoms with E-state index in [1.165, 1.54) is 5.56 Å². The largest absolute Gasteiger partial charge is 0.398 e. The number of rotatable bonds is 4. The molecule has 1 heterocycles. The van der Waals surface area contributed by atoms with Crippen LogP contribution in [0.3, 0.4) is 0 Å². The summed E-state index contributed by atoms with van der Waals surface area (Å²) < 4.78 is 0. The first kappa shape index (κ1) is 11.5. The first-order chi connectivity index (χ1) is 8.29. The summed E-state index contributed by atoms with van der Waals surface area (Å²) in [4.78, 5) is 4.30. The molecule has 0 unspecified atom stereocenters. The van der Waals surface area contributed by atoms with Gasteiger partial charge in [0.2, 0.25) is 0 Å². The molecule has 0 atom stereocenters. The van der Waals surface area contributed by atoms with Gasteiger partial charge < -0.3 is 11.1 Å². The normalized spacial score (nSPS) is 10.2. The first-order valence-corrected chi connectivity index (χ1v) is 5.75. The molecule has 0 radical (unpaired) electrons. The van der Waals surface area contributed by atoms with Crippen molar-refractivity contribution in [2.75, 3.05) is 18.1 Å². The molecule has 17 heavy (non-hydrogen) atoms. The average molecular weight is 227 g/mol. The maximum Gasteiger partial charge on any atom is 0.0406 e. The Labute approximate surface area is 102 Å². The van der Waals surface area contributed by atoms with Gasteiger partial charge in [-0.25, -0.2) is 0 Å². The number of pyridine rings is 1. The Hall–Kier alpha value is -2.03. The molecule has 0 aliphatic carbocycles. The van der Waals surface area contributed by atoms with E-state index in [0.29, 0.717) is 0 Å². The van der Waals surface area contributed by atoms with Gasteiger partial charge in [-0.05, 0) is 42.7 Å². The van der Waals surface area contributed by atoms with Crippen LogP contribution in [0.1, 0.15) is 11.3 Å². The monoisotopic (exact) mass is 227 g/mol. The van der Waals surface area contributed by atoms with Crippen molar-refractivity contribution in [2.45, 2.75) is 12.8 Å². The summed E-state index contributed by atoms with van der Waals surface area (Å²) in [5.74, 6) is 0. The summed E-state index contributed by atoms with van der Waals surface area (Å²) in [5, 5.41) is 3.08. The van der Waals surface area contributed by atoms with Crippen molar-refractivity contribution in [3.63, 3.8) is 0 Å². The molecule has 0 saturated heterocycles. The maximum atomic E-state index is 6.00. The highest BCUT2D eigenvalue weighted by molar-refractivity contribution is 5.58. The molecule has 3 nitrogen and oxygen atoms in total. The molecule has 0 fully saturated rings. The van der Waals surface area contributed by atoms with Crippen molar-refractivity contribution in [1.82, 2.24) is 4.98 Å². The highest BCUT2D eigenvalue weighted by Crippen LogP contribution is 2.19. The van der Waals surface area contributed by atoms with E-state index in [0.717, 1.165) is 29.9 Å². The number of nitrogens with two attached hydrogens (primary N) is 1. The maximum absolute atomic E-state index is 6.00. The number of hydrogen-bond acceptors (Lipinski definition) is 3. The number of anilines is 2. The molecule has 0 amide bonds. The van der Waals surface area contributed by atoms with Crippen LogP contribution in [0.25, 0.3) is 0 Å². The van der Waals surface area contributed by atoms with Crippen LogP contribution in [-0.2, 0) is 12.8 Å². The van der Waals surface area contributed by atoms with E-state index in [-0.39, 0.29) is 0 Å². The van der Waals surface area contributed by atoms with Crippen LogP contribution < -0.4 is 11.1 Å². The van der Waals surface area contributed by atoms with Crippen molar-refractivity contribution >= 4 is 11.4 Å². The van der Waals surface area contributed by atoms with Crippen molar-refractivity contribution in [3.8, 4) is 0 Å². The molecular weight excluding hydrogens is 210 g/mol. The third-order valence-corrected chi connectivity index (χ3v) is 2.81. The van der Waals surface area contributed by atoms with Crippen LogP contribution in [-0.4, -0.2) is 12.0 Å². The molecular formula is C14H17N3. The first-order valence-electron chi connectivity index (χ1n) is 5.75. The Morgan fingerprint density at radius 3 is 2.71 bits per heavy atom. The summed E-state index contributed by atoms with van der Waals surface area (Å²) >= 11 is 0. The predicted molar refractivity (Wildman–Crippen MR) is 72.0 cm³/mol. The smallest absolute Gasteiger partial charge is 0.0406 e. The lowest BCUT2D eigenvalue weighted by atomic mass is 10.1. The summed E-state index contributed by atoms with van der Waals surface area (Å²) in [6.45, 7) is 0. The molecule has 3 heteroatoms. The molecule has 2 aromatic rings. The van der Waals surface area contributed by atoms with Gasteiger partial charge in [0.25, 0.3) is 0 Å². The highest BCUT2D eigenvalue weighted by atomic mass is 14.8. The highest BCUT2D eigenvalue weighted by Gasteiger charge is 2.01. The summed E-state index contributed by atoms with van der Waals surface area (Å²) in [5.41, 5.74) is 10.2. The molecule has 88 valence electrons. The van der Waals surface area contributed by atoms with Gasteiger partial charge in [-0.3, -0.25) is 4.98 Å². The van der Waals surface area contributed by atoms with Gasteiger partial charge in [-0.15, -0.1) is 0 Å². The Bertz CT molecular complexity index is 480. The van der Waals surface area contributed by atoms with E-state index in [2.05, 4.69) is 16.4 Å². The Morgan fingerprint density at radius 1 is 1.18 bits per heavy atom. The number of nitrogens with one attached hydrogen (secondary N) is 1. The van der Waals surface area contributed by atoms with Crippen LogP contribution in [0.15, 0.2) is 42.6 Å². The van der Waals surface area contributed by atoms with Crippen molar-refractivity contribution in [2.24, 2.45) is 0 Å². The fraction of sp³-hybridized carbons (Fsp3) is 0.214. The Balaban J connectivity index is 2.04. The van der Waals surface area contributed by atoms with E-state index in [1.54, 1.807) is 0 Å². The lowest BCUT2D eigenvalue weighted by Crippen LogP contribution is -1.99. The minimum atomic E-state index is 0.841. The zero-order chi connectivity index (χ0) is 12.1. The molecule has 3 N–H and O–H groups in total. The Morgan fingerprint density at radius 2 is 2.06 bits per heavy atom. The molecule has 0 spiro atoms. The van der Waals surface area contributed by atoms with E-state index >= 15 is 0 Å². The second kappa shape index (κ2) is 5.34. The lowest BCUT2D eigenvalue weighted by Gasteiger charge is -2.08. The molecule has 0 aliphatic rings. The fourth-order valence-corrected chi connectivity index (χ4v) is 1.79. The molecule has 1 aromatic heterocycles. The van der Waals surface area contributed by atoms with Crippen molar-refractivity contribution in [1.29, 1.82) is 0 Å². The fourth-order valence-electron chi connectivity index (χ4n) is 1.79. The number of benzene rings is 1. The third-order valence-electron chi connectivity index (χ3n) is 2.81. The topological polar surface area (TPSA) is 50.9 Å². The van der Waals surface area contributed by atoms with Crippen molar-refractivity contribution < 1.29 is 0 Å². The quantitative estimate of drug-likeness (QED) is 0.789. The van der Waals surface area contributed by atoms with Crippen LogP contribution in [0.2, 0.25) is 0 Å². The van der Waals surface area contributed by atoms with Gasteiger partial charge in [0.05, 0.1) is 0 Å². The average Bonchev–Trinajstić information content (AvgIpc) is 2.38. The van der Waals surface area contributed by atoms with Gasteiger partial charge in [0.15, 0.2) is 0 Å². The van der Waals surface area contributed by atoms with Gasteiger partial charge >= 0.3 is 0 Å².